The molecule has 0 bridgehead atoms. The van der Waals surface area contributed by atoms with Crippen LogP contribution in [0.5, 0.6) is 11.5 Å². The zero-order valence-electron chi connectivity index (χ0n) is 11.0. The molecule has 0 spiro atoms. The van der Waals surface area contributed by atoms with Crippen LogP contribution >= 0.6 is 15.9 Å². The lowest BCUT2D eigenvalue weighted by Crippen LogP contribution is -2.46. The molecule has 0 atom stereocenters. The summed E-state index contributed by atoms with van der Waals surface area (Å²) >= 11 is 3.40. The second kappa shape index (κ2) is 6.25. The molecule has 1 N–H and O–H groups in total. The molecular weight excluding hydrogens is 312 g/mol. The molecule has 1 aliphatic heterocycles. The van der Waals surface area contributed by atoms with E-state index in [0.29, 0.717) is 30.2 Å². The summed E-state index contributed by atoms with van der Waals surface area (Å²) in [6, 6.07) is 3.47. The van der Waals surface area contributed by atoms with Gasteiger partial charge < -0.3 is 19.7 Å². The first kappa shape index (κ1) is 14.1. The molecule has 1 aromatic rings. The van der Waals surface area contributed by atoms with Gasteiger partial charge in [0.15, 0.2) is 0 Å². The standard InChI is InChI=1S/C13H17BrN2O3/c1-18-11-8-12(19-2)10(14)7-9(11)13(17)16-5-3-15-4-6-16/h7-8,15H,3-6H2,1-2H3. The van der Waals surface area contributed by atoms with E-state index in [0.717, 1.165) is 17.6 Å². The van der Waals surface area contributed by atoms with Crippen LogP contribution in [0.3, 0.4) is 0 Å². The van der Waals surface area contributed by atoms with E-state index in [9.17, 15) is 4.79 Å². The third kappa shape index (κ3) is 3.01. The van der Waals surface area contributed by atoms with Crippen LogP contribution in [-0.4, -0.2) is 51.2 Å². The fourth-order valence-electron chi connectivity index (χ4n) is 2.07. The summed E-state index contributed by atoms with van der Waals surface area (Å²) in [6.07, 6.45) is 0. The van der Waals surface area contributed by atoms with E-state index in [1.165, 1.54) is 0 Å². The van der Waals surface area contributed by atoms with Crippen LogP contribution < -0.4 is 14.8 Å². The van der Waals surface area contributed by atoms with Crippen molar-refractivity contribution in [3.05, 3.63) is 22.2 Å². The number of piperazine rings is 1. The molecule has 1 aliphatic rings. The molecule has 0 aliphatic carbocycles. The van der Waals surface area contributed by atoms with Crippen molar-refractivity contribution in [2.45, 2.75) is 0 Å². The second-order valence-electron chi connectivity index (χ2n) is 4.23. The normalized spacial score (nSPS) is 15.2. The Bertz CT molecular complexity index is 473. The first-order chi connectivity index (χ1) is 9.17. The van der Waals surface area contributed by atoms with Crippen LogP contribution in [0.2, 0.25) is 0 Å². The van der Waals surface area contributed by atoms with Gasteiger partial charge in [0.25, 0.3) is 5.91 Å². The quantitative estimate of drug-likeness (QED) is 0.913. The molecule has 1 amide bonds. The van der Waals surface area contributed by atoms with Gasteiger partial charge in [0.2, 0.25) is 0 Å². The van der Waals surface area contributed by atoms with Crippen LogP contribution in [0.4, 0.5) is 0 Å². The Morgan fingerprint density at radius 2 is 1.84 bits per heavy atom. The van der Waals surface area contributed by atoms with E-state index < -0.39 is 0 Å². The van der Waals surface area contributed by atoms with Crippen molar-refractivity contribution < 1.29 is 14.3 Å². The highest BCUT2D eigenvalue weighted by molar-refractivity contribution is 9.10. The summed E-state index contributed by atoms with van der Waals surface area (Å²) in [6.45, 7) is 3.08. The summed E-state index contributed by atoms with van der Waals surface area (Å²) in [5.41, 5.74) is 0.553. The molecular formula is C13H17BrN2O3. The zero-order valence-corrected chi connectivity index (χ0v) is 12.6. The number of rotatable bonds is 3. The smallest absolute Gasteiger partial charge is 0.257 e. The van der Waals surface area contributed by atoms with Crippen LogP contribution in [0.1, 0.15) is 10.4 Å². The lowest BCUT2D eigenvalue weighted by Gasteiger charge is -2.28. The Morgan fingerprint density at radius 1 is 1.21 bits per heavy atom. The Hall–Kier alpha value is -1.27. The molecule has 1 fully saturated rings. The molecule has 0 saturated carbocycles. The van der Waals surface area contributed by atoms with Crippen molar-refractivity contribution in [1.29, 1.82) is 0 Å². The molecule has 0 aromatic heterocycles. The minimum absolute atomic E-state index is 0.0123. The highest BCUT2D eigenvalue weighted by atomic mass is 79.9. The fourth-order valence-corrected chi connectivity index (χ4v) is 2.57. The minimum Gasteiger partial charge on any atom is -0.496 e. The number of ether oxygens (including phenoxy) is 2. The van der Waals surface area contributed by atoms with E-state index in [2.05, 4.69) is 21.2 Å². The summed E-state index contributed by atoms with van der Waals surface area (Å²) in [5, 5.41) is 3.22. The number of benzene rings is 1. The zero-order chi connectivity index (χ0) is 13.8. The molecule has 0 unspecified atom stereocenters. The third-order valence-electron chi connectivity index (χ3n) is 3.11. The number of halogens is 1. The highest BCUT2D eigenvalue weighted by Gasteiger charge is 2.22. The summed E-state index contributed by atoms with van der Waals surface area (Å²) in [7, 11) is 3.13. The van der Waals surface area contributed by atoms with E-state index in [4.69, 9.17) is 9.47 Å². The maximum absolute atomic E-state index is 12.5. The fraction of sp³-hybridized carbons (Fsp3) is 0.462. The first-order valence-corrected chi connectivity index (χ1v) is 6.88. The summed E-state index contributed by atoms with van der Waals surface area (Å²) in [5.74, 6) is 1.17. The number of amides is 1. The van der Waals surface area contributed by atoms with Gasteiger partial charge in [-0.2, -0.15) is 0 Å². The maximum Gasteiger partial charge on any atom is 0.257 e. The molecule has 1 saturated heterocycles. The van der Waals surface area contributed by atoms with Crippen LogP contribution in [0.15, 0.2) is 16.6 Å². The molecule has 104 valence electrons. The first-order valence-electron chi connectivity index (χ1n) is 6.09. The molecule has 19 heavy (non-hydrogen) atoms. The number of nitrogens with zero attached hydrogens (tertiary/aromatic N) is 1. The van der Waals surface area contributed by atoms with Gasteiger partial charge in [-0.1, -0.05) is 0 Å². The average molecular weight is 329 g/mol. The van der Waals surface area contributed by atoms with Gasteiger partial charge in [-0.3, -0.25) is 4.79 Å². The topological polar surface area (TPSA) is 50.8 Å². The maximum atomic E-state index is 12.5. The van der Waals surface area contributed by atoms with Gasteiger partial charge in [0.05, 0.1) is 24.3 Å². The number of nitrogens with one attached hydrogen (secondary N) is 1. The van der Waals surface area contributed by atoms with Crippen molar-refractivity contribution >= 4 is 21.8 Å². The largest absolute Gasteiger partial charge is 0.496 e. The van der Waals surface area contributed by atoms with E-state index >= 15 is 0 Å². The number of hydrogen-bond donors (Lipinski definition) is 1. The van der Waals surface area contributed by atoms with Crippen molar-refractivity contribution in [3.8, 4) is 11.5 Å². The Labute approximate surface area is 121 Å². The van der Waals surface area contributed by atoms with Crippen LogP contribution in [0, 0.1) is 0 Å². The lowest BCUT2D eigenvalue weighted by atomic mass is 10.1. The van der Waals surface area contributed by atoms with Gasteiger partial charge in [-0.05, 0) is 22.0 Å². The number of hydrogen-bond acceptors (Lipinski definition) is 4. The second-order valence-corrected chi connectivity index (χ2v) is 5.08. The van der Waals surface area contributed by atoms with Crippen molar-refractivity contribution in [2.24, 2.45) is 0 Å². The van der Waals surface area contributed by atoms with Gasteiger partial charge in [0.1, 0.15) is 11.5 Å². The van der Waals surface area contributed by atoms with Gasteiger partial charge >= 0.3 is 0 Å². The van der Waals surface area contributed by atoms with Crippen LogP contribution in [-0.2, 0) is 0 Å². The molecule has 2 rings (SSSR count). The van der Waals surface area contributed by atoms with E-state index in [-0.39, 0.29) is 5.91 Å². The number of carbonyl (C=O) groups excluding carboxylic acids is 1. The van der Waals surface area contributed by atoms with E-state index in [1.54, 1.807) is 26.4 Å². The molecule has 6 heteroatoms. The Kier molecular flexibility index (Phi) is 4.66. The van der Waals surface area contributed by atoms with Crippen molar-refractivity contribution in [1.82, 2.24) is 10.2 Å². The molecule has 0 radical (unpaired) electrons. The Balaban J connectivity index is 2.32. The lowest BCUT2D eigenvalue weighted by molar-refractivity contribution is 0.0732. The molecule has 1 aromatic carbocycles. The minimum atomic E-state index is -0.0123. The van der Waals surface area contributed by atoms with Gasteiger partial charge in [-0.25, -0.2) is 0 Å². The van der Waals surface area contributed by atoms with Gasteiger partial charge in [0, 0.05) is 32.2 Å². The van der Waals surface area contributed by atoms with Gasteiger partial charge in [-0.15, -0.1) is 0 Å². The average Bonchev–Trinajstić information content (AvgIpc) is 2.47. The monoisotopic (exact) mass is 328 g/mol. The number of carbonyl (C=O) groups is 1. The SMILES string of the molecule is COc1cc(OC)c(C(=O)N2CCNCC2)cc1Br. The summed E-state index contributed by atoms with van der Waals surface area (Å²) < 4.78 is 11.2. The molecule has 5 nitrogen and oxygen atoms in total. The van der Waals surface area contributed by atoms with Crippen molar-refractivity contribution in [3.63, 3.8) is 0 Å². The number of methoxy groups -OCH3 is 2. The third-order valence-corrected chi connectivity index (χ3v) is 3.73. The Morgan fingerprint density at radius 3 is 2.42 bits per heavy atom. The predicted molar refractivity (Wildman–Crippen MR) is 76.0 cm³/mol. The van der Waals surface area contributed by atoms with Crippen molar-refractivity contribution in [2.75, 3.05) is 40.4 Å². The van der Waals surface area contributed by atoms with E-state index in [1.807, 2.05) is 4.90 Å². The summed E-state index contributed by atoms with van der Waals surface area (Å²) in [4.78, 5) is 14.3. The highest BCUT2D eigenvalue weighted by Crippen LogP contribution is 2.33. The predicted octanol–water partition coefficient (Wildman–Crippen LogP) is 1.51. The van der Waals surface area contributed by atoms with Crippen LogP contribution in [0.25, 0.3) is 0 Å². The molecule has 1 heterocycles.